The lowest BCUT2D eigenvalue weighted by atomic mass is 10.0. The summed E-state index contributed by atoms with van der Waals surface area (Å²) in [5.41, 5.74) is -3.80. The van der Waals surface area contributed by atoms with Crippen molar-refractivity contribution in [1.29, 1.82) is 0 Å². The highest BCUT2D eigenvalue weighted by atomic mass is 19.4. The summed E-state index contributed by atoms with van der Waals surface area (Å²) < 4.78 is 76.1. The van der Waals surface area contributed by atoms with Crippen LogP contribution in [-0.4, -0.2) is 24.2 Å². The average Bonchev–Trinajstić information content (AvgIpc) is 2.42. The molecule has 0 saturated heterocycles. The third-order valence-electron chi connectivity index (χ3n) is 3.08. The van der Waals surface area contributed by atoms with Gasteiger partial charge >= 0.3 is 12.4 Å². The van der Waals surface area contributed by atoms with Gasteiger partial charge < -0.3 is 10.4 Å². The van der Waals surface area contributed by atoms with E-state index in [9.17, 15) is 31.1 Å². The molecule has 2 N–H and O–H groups in total. The van der Waals surface area contributed by atoms with Gasteiger partial charge in [0.2, 0.25) is 0 Å². The Morgan fingerprint density at radius 1 is 1.09 bits per heavy atom. The molecule has 0 aromatic heterocycles. The van der Waals surface area contributed by atoms with Gasteiger partial charge in [-0.25, -0.2) is 0 Å². The summed E-state index contributed by atoms with van der Waals surface area (Å²) >= 11 is 0. The highest BCUT2D eigenvalue weighted by Crippen LogP contribution is 2.36. The zero-order chi connectivity index (χ0) is 17.8. The van der Waals surface area contributed by atoms with Crippen LogP contribution in [0.1, 0.15) is 34.8 Å². The van der Waals surface area contributed by atoms with E-state index in [1.54, 1.807) is 6.92 Å². The highest BCUT2D eigenvalue weighted by molar-refractivity contribution is 5.94. The minimum atomic E-state index is -5.00. The molecular formula is C14H15F6NO2. The fourth-order valence-electron chi connectivity index (χ4n) is 1.78. The molecule has 0 heterocycles. The first-order chi connectivity index (χ1) is 10.4. The molecule has 1 amide bonds. The summed E-state index contributed by atoms with van der Waals surface area (Å²) in [6.45, 7) is 1.56. The maximum Gasteiger partial charge on any atom is 0.416 e. The van der Waals surface area contributed by atoms with Crippen molar-refractivity contribution in [3.05, 3.63) is 34.9 Å². The minimum Gasteiger partial charge on any atom is -0.396 e. The fraction of sp³-hybridized carbons (Fsp3) is 0.500. The van der Waals surface area contributed by atoms with Crippen molar-refractivity contribution in [3.8, 4) is 0 Å². The third kappa shape index (κ3) is 5.74. The van der Waals surface area contributed by atoms with Crippen molar-refractivity contribution in [2.24, 2.45) is 5.92 Å². The number of carbonyl (C=O) groups excluding carboxylic acids is 1. The van der Waals surface area contributed by atoms with Crippen LogP contribution in [0.4, 0.5) is 26.3 Å². The quantitative estimate of drug-likeness (QED) is 0.805. The molecule has 0 aliphatic carbocycles. The van der Waals surface area contributed by atoms with Crippen LogP contribution in [0.5, 0.6) is 0 Å². The molecule has 1 aromatic rings. The minimum absolute atomic E-state index is 0.0248. The molecule has 9 heteroatoms. The highest BCUT2D eigenvalue weighted by Gasteiger charge is 2.37. The van der Waals surface area contributed by atoms with E-state index in [0.29, 0.717) is 18.6 Å². The fourth-order valence-corrected chi connectivity index (χ4v) is 1.78. The Balaban J connectivity index is 3.07. The lowest BCUT2D eigenvalue weighted by Crippen LogP contribution is -2.29. The molecule has 23 heavy (non-hydrogen) atoms. The SMILES string of the molecule is CC(CCO)CNC(=O)c1cc(C(F)(F)F)cc(C(F)(F)F)c1. The summed E-state index contributed by atoms with van der Waals surface area (Å²) in [4.78, 5) is 11.8. The van der Waals surface area contributed by atoms with Gasteiger partial charge in [0.15, 0.2) is 0 Å². The molecule has 0 bridgehead atoms. The Bertz CT molecular complexity index is 521. The molecule has 1 atom stereocenters. The van der Waals surface area contributed by atoms with E-state index in [1.165, 1.54) is 0 Å². The molecule has 0 radical (unpaired) electrons. The number of carbonyl (C=O) groups is 1. The van der Waals surface area contributed by atoms with Gasteiger partial charge in [-0.05, 0) is 30.5 Å². The maximum absolute atomic E-state index is 12.7. The molecule has 1 aromatic carbocycles. The van der Waals surface area contributed by atoms with E-state index >= 15 is 0 Å². The number of benzene rings is 1. The number of hydrogen-bond acceptors (Lipinski definition) is 2. The van der Waals surface area contributed by atoms with Crippen molar-refractivity contribution >= 4 is 5.91 Å². The smallest absolute Gasteiger partial charge is 0.396 e. The van der Waals surface area contributed by atoms with Crippen LogP contribution >= 0.6 is 0 Å². The number of hydrogen-bond donors (Lipinski definition) is 2. The number of amides is 1. The van der Waals surface area contributed by atoms with Crippen LogP contribution in [0.2, 0.25) is 0 Å². The van der Waals surface area contributed by atoms with Gasteiger partial charge in [0.1, 0.15) is 0 Å². The largest absolute Gasteiger partial charge is 0.416 e. The number of aliphatic hydroxyl groups excluding tert-OH is 1. The van der Waals surface area contributed by atoms with Crippen molar-refractivity contribution < 1.29 is 36.2 Å². The molecule has 0 spiro atoms. The number of rotatable bonds is 5. The van der Waals surface area contributed by atoms with Gasteiger partial charge in [0.05, 0.1) is 11.1 Å². The van der Waals surface area contributed by atoms with E-state index in [4.69, 9.17) is 5.11 Å². The molecule has 0 saturated carbocycles. The number of alkyl halides is 6. The predicted molar refractivity (Wildman–Crippen MR) is 69.6 cm³/mol. The summed E-state index contributed by atoms with van der Waals surface area (Å²) in [5.74, 6) is -1.21. The first-order valence-corrected chi connectivity index (χ1v) is 6.63. The lowest BCUT2D eigenvalue weighted by molar-refractivity contribution is -0.143. The molecule has 0 aliphatic heterocycles. The first kappa shape index (κ1) is 19.3. The second-order valence-electron chi connectivity index (χ2n) is 5.12. The number of halogens is 6. The Morgan fingerprint density at radius 2 is 1.57 bits per heavy atom. The molecule has 130 valence electrons. The molecule has 0 fully saturated rings. The maximum atomic E-state index is 12.7. The number of aliphatic hydroxyl groups is 1. The van der Waals surface area contributed by atoms with Crippen molar-refractivity contribution in [2.75, 3.05) is 13.2 Å². The Hall–Kier alpha value is -1.77. The third-order valence-corrected chi connectivity index (χ3v) is 3.08. The second-order valence-corrected chi connectivity index (χ2v) is 5.12. The molecule has 1 rings (SSSR count). The summed E-state index contributed by atoms with van der Waals surface area (Å²) in [6, 6.07) is 0.716. The Kier molecular flexibility index (Phi) is 6.04. The second kappa shape index (κ2) is 7.20. The van der Waals surface area contributed by atoms with Gasteiger partial charge in [0.25, 0.3) is 5.91 Å². The summed E-state index contributed by atoms with van der Waals surface area (Å²) in [7, 11) is 0. The van der Waals surface area contributed by atoms with Crippen LogP contribution in [0.25, 0.3) is 0 Å². The standard InChI is InChI=1S/C14H15F6NO2/c1-8(2-3-22)7-21-12(23)9-4-10(13(15,16)17)6-11(5-9)14(18,19)20/h4-6,8,22H,2-3,7H2,1H3,(H,21,23). The molecule has 3 nitrogen and oxygen atoms in total. The zero-order valence-electron chi connectivity index (χ0n) is 12.1. The van der Waals surface area contributed by atoms with Crippen LogP contribution in [0.3, 0.4) is 0 Å². The summed E-state index contributed by atoms with van der Waals surface area (Å²) in [5, 5.41) is 11.0. The average molecular weight is 343 g/mol. The van der Waals surface area contributed by atoms with Crippen LogP contribution in [-0.2, 0) is 12.4 Å². The lowest BCUT2D eigenvalue weighted by Gasteiger charge is -2.15. The van der Waals surface area contributed by atoms with E-state index < -0.39 is 35.0 Å². The molecule has 0 aliphatic rings. The summed E-state index contributed by atoms with van der Waals surface area (Å²) in [6.07, 6.45) is -9.66. The van der Waals surface area contributed by atoms with Crippen LogP contribution in [0.15, 0.2) is 18.2 Å². The topological polar surface area (TPSA) is 49.3 Å². The first-order valence-electron chi connectivity index (χ1n) is 6.63. The monoisotopic (exact) mass is 343 g/mol. The number of nitrogens with one attached hydrogen (secondary N) is 1. The van der Waals surface area contributed by atoms with E-state index in [1.807, 2.05) is 0 Å². The molecule has 1 unspecified atom stereocenters. The van der Waals surface area contributed by atoms with Crippen LogP contribution in [0, 0.1) is 5.92 Å². The van der Waals surface area contributed by atoms with Gasteiger partial charge in [-0.1, -0.05) is 6.92 Å². The van der Waals surface area contributed by atoms with Gasteiger partial charge in [-0.3, -0.25) is 4.79 Å². The van der Waals surface area contributed by atoms with Gasteiger partial charge in [-0.2, -0.15) is 26.3 Å². The van der Waals surface area contributed by atoms with E-state index in [-0.39, 0.29) is 25.1 Å². The Morgan fingerprint density at radius 3 is 1.96 bits per heavy atom. The predicted octanol–water partition coefficient (Wildman–Crippen LogP) is 3.47. The van der Waals surface area contributed by atoms with Crippen LogP contribution < -0.4 is 5.32 Å². The van der Waals surface area contributed by atoms with E-state index in [0.717, 1.165) is 0 Å². The van der Waals surface area contributed by atoms with Crippen molar-refractivity contribution in [2.45, 2.75) is 25.7 Å². The Labute approximate surface area is 128 Å². The van der Waals surface area contributed by atoms with E-state index in [2.05, 4.69) is 5.32 Å². The molecular weight excluding hydrogens is 328 g/mol. The van der Waals surface area contributed by atoms with Gasteiger partial charge in [-0.15, -0.1) is 0 Å². The van der Waals surface area contributed by atoms with Gasteiger partial charge in [0, 0.05) is 18.7 Å². The van der Waals surface area contributed by atoms with Crippen molar-refractivity contribution in [1.82, 2.24) is 5.32 Å². The normalized spacial score (nSPS) is 13.7. The zero-order valence-corrected chi connectivity index (χ0v) is 12.1. The van der Waals surface area contributed by atoms with Crippen molar-refractivity contribution in [3.63, 3.8) is 0 Å².